The number of piperazine rings is 1. The molecule has 0 aliphatic carbocycles. The molecule has 6 heteroatoms. The first-order valence-corrected chi connectivity index (χ1v) is 8.41. The normalized spacial score (nSPS) is 15.8. The summed E-state index contributed by atoms with van der Waals surface area (Å²) in [5.41, 5.74) is 1.15. The zero-order chi connectivity index (χ0) is 17.8. The monoisotopic (exact) mass is 342 g/mol. The van der Waals surface area contributed by atoms with E-state index in [2.05, 4.69) is 17.0 Å². The Hall–Kier alpha value is -2.76. The van der Waals surface area contributed by atoms with Gasteiger partial charge in [0, 0.05) is 31.9 Å². The van der Waals surface area contributed by atoms with Gasteiger partial charge < -0.3 is 19.0 Å². The molecule has 3 rings (SSSR count). The summed E-state index contributed by atoms with van der Waals surface area (Å²) in [6.07, 6.45) is -0.832. The first kappa shape index (κ1) is 17.1. The van der Waals surface area contributed by atoms with E-state index in [9.17, 15) is 9.59 Å². The molecule has 1 aromatic carbocycles. The molecular formula is C19H22N2O4. The molecule has 1 aromatic heterocycles. The maximum atomic E-state index is 12.5. The first-order valence-electron chi connectivity index (χ1n) is 8.41. The van der Waals surface area contributed by atoms with E-state index >= 15 is 0 Å². The van der Waals surface area contributed by atoms with Crippen molar-refractivity contribution in [1.29, 1.82) is 0 Å². The topological polar surface area (TPSA) is 63.0 Å². The van der Waals surface area contributed by atoms with Crippen LogP contribution in [0.4, 0.5) is 5.69 Å². The molecule has 1 aliphatic rings. The van der Waals surface area contributed by atoms with Gasteiger partial charge in [0.1, 0.15) is 5.76 Å². The molecule has 0 spiro atoms. The van der Waals surface area contributed by atoms with Crippen molar-refractivity contribution in [2.75, 3.05) is 31.1 Å². The van der Waals surface area contributed by atoms with Crippen molar-refractivity contribution in [2.24, 2.45) is 0 Å². The van der Waals surface area contributed by atoms with Crippen LogP contribution in [0, 0.1) is 6.92 Å². The van der Waals surface area contributed by atoms with Crippen LogP contribution >= 0.6 is 0 Å². The Morgan fingerprint density at radius 3 is 2.32 bits per heavy atom. The smallest absolute Gasteiger partial charge is 0.375 e. The van der Waals surface area contributed by atoms with Gasteiger partial charge in [-0.25, -0.2) is 4.79 Å². The van der Waals surface area contributed by atoms with Crippen molar-refractivity contribution in [3.05, 3.63) is 54.0 Å². The Labute approximate surface area is 147 Å². The lowest BCUT2D eigenvalue weighted by atomic mass is 10.2. The van der Waals surface area contributed by atoms with Crippen LogP contribution in [0.15, 0.2) is 46.9 Å². The molecule has 6 nitrogen and oxygen atoms in total. The SMILES string of the molecule is Cc1ccc(C(=O)O[C@@H](C)C(=O)N2CCN(c3ccccc3)CC2)o1. The number of benzene rings is 1. The summed E-state index contributed by atoms with van der Waals surface area (Å²) in [6, 6.07) is 13.4. The van der Waals surface area contributed by atoms with Gasteiger partial charge in [-0.15, -0.1) is 0 Å². The highest BCUT2D eigenvalue weighted by Crippen LogP contribution is 2.16. The number of rotatable bonds is 4. The fourth-order valence-electron chi connectivity index (χ4n) is 2.89. The van der Waals surface area contributed by atoms with Crippen LogP contribution in [0.1, 0.15) is 23.2 Å². The van der Waals surface area contributed by atoms with E-state index < -0.39 is 12.1 Å². The van der Waals surface area contributed by atoms with E-state index in [0.29, 0.717) is 18.8 Å². The van der Waals surface area contributed by atoms with Gasteiger partial charge in [-0.2, -0.15) is 0 Å². The molecule has 0 saturated carbocycles. The number of carbonyl (C=O) groups is 2. The van der Waals surface area contributed by atoms with Crippen molar-refractivity contribution in [3.8, 4) is 0 Å². The van der Waals surface area contributed by atoms with Crippen molar-refractivity contribution in [3.63, 3.8) is 0 Å². The Kier molecular flexibility index (Phi) is 5.07. The zero-order valence-electron chi connectivity index (χ0n) is 14.5. The molecule has 0 bridgehead atoms. The van der Waals surface area contributed by atoms with Gasteiger partial charge in [0.15, 0.2) is 6.10 Å². The molecule has 0 unspecified atom stereocenters. The summed E-state index contributed by atoms with van der Waals surface area (Å²) < 4.78 is 10.5. The van der Waals surface area contributed by atoms with Crippen LogP contribution in [-0.2, 0) is 9.53 Å². The van der Waals surface area contributed by atoms with Gasteiger partial charge in [-0.1, -0.05) is 18.2 Å². The van der Waals surface area contributed by atoms with E-state index in [4.69, 9.17) is 9.15 Å². The van der Waals surface area contributed by atoms with E-state index in [1.54, 1.807) is 30.9 Å². The average molecular weight is 342 g/mol. The van der Waals surface area contributed by atoms with E-state index in [1.165, 1.54) is 0 Å². The number of furan rings is 1. The lowest BCUT2D eigenvalue weighted by Gasteiger charge is -2.36. The van der Waals surface area contributed by atoms with E-state index in [0.717, 1.165) is 18.8 Å². The van der Waals surface area contributed by atoms with E-state index in [-0.39, 0.29) is 11.7 Å². The standard InChI is InChI=1S/C19H22N2O4/c1-14-8-9-17(24-14)19(23)25-15(2)18(22)21-12-10-20(11-13-21)16-6-4-3-5-7-16/h3-9,15H,10-13H2,1-2H3/t15-/m0/s1. The number of para-hydroxylation sites is 1. The van der Waals surface area contributed by atoms with Gasteiger partial charge in [0.05, 0.1) is 0 Å². The summed E-state index contributed by atoms with van der Waals surface area (Å²) >= 11 is 0. The summed E-state index contributed by atoms with van der Waals surface area (Å²) in [6.45, 7) is 6.07. The van der Waals surface area contributed by atoms with Crippen LogP contribution in [-0.4, -0.2) is 49.1 Å². The molecule has 25 heavy (non-hydrogen) atoms. The molecule has 0 radical (unpaired) electrons. The largest absolute Gasteiger partial charge is 0.454 e. The number of esters is 1. The van der Waals surface area contributed by atoms with Crippen LogP contribution in [0.3, 0.4) is 0 Å². The fourth-order valence-corrected chi connectivity index (χ4v) is 2.89. The number of hydrogen-bond acceptors (Lipinski definition) is 5. The van der Waals surface area contributed by atoms with Gasteiger partial charge in [0.25, 0.3) is 5.91 Å². The molecule has 2 heterocycles. The lowest BCUT2D eigenvalue weighted by molar-refractivity contribution is -0.140. The van der Waals surface area contributed by atoms with Crippen molar-refractivity contribution >= 4 is 17.6 Å². The molecule has 1 saturated heterocycles. The molecule has 2 aromatic rings. The third kappa shape index (κ3) is 4.02. The van der Waals surface area contributed by atoms with Crippen LogP contribution < -0.4 is 4.90 Å². The lowest BCUT2D eigenvalue weighted by Crippen LogP contribution is -2.51. The Morgan fingerprint density at radius 2 is 1.72 bits per heavy atom. The molecule has 1 amide bonds. The Balaban J connectivity index is 1.52. The minimum absolute atomic E-state index is 0.117. The van der Waals surface area contributed by atoms with Crippen molar-refractivity contribution in [2.45, 2.75) is 20.0 Å². The van der Waals surface area contributed by atoms with Gasteiger partial charge in [0.2, 0.25) is 5.76 Å². The predicted octanol–water partition coefficient (Wildman–Crippen LogP) is 2.48. The maximum Gasteiger partial charge on any atom is 0.375 e. The number of ether oxygens (including phenoxy) is 1. The second kappa shape index (κ2) is 7.42. The van der Waals surface area contributed by atoms with Crippen LogP contribution in [0.2, 0.25) is 0 Å². The molecule has 1 fully saturated rings. The van der Waals surface area contributed by atoms with Crippen LogP contribution in [0.25, 0.3) is 0 Å². The summed E-state index contributed by atoms with van der Waals surface area (Å²) in [7, 11) is 0. The summed E-state index contributed by atoms with van der Waals surface area (Å²) in [5.74, 6) is -0.0461. The second-order valence-electron chi connectivity index (χ2n) is 6.11. The number of amides is 1. The number of carbonyl (C=O) groups excluding carboxylic acids is 2. The average Bonchev–Trinajstić information content (AvgIpc) is 3.08. The quantitative estimate of drug-likeness (QED) is 0.799. The predicted molar refractivity (Wildman–Crippen MR) is 93.6 cm³/mol. The number of anilines is 1. The Morgan fingerprint density at radius 1 is 1.04 bits per heavy atom. The van der Waals surface area contributed by atoms with Gasteiger partial charge in [-0.3, -0.25) is 4.79 Å². The minimum atomic E-state index is -0.832. The number of hydrogen-bond donors (Lipinski definition) is 0. The summed E-state index contributed by atoms with van der Waals surface area (Å²) in [4.78, 5) is 28.5. The summed E-state index contributed by atoms with van der Waals surface area (Å²) in [5, 5.41) is 0. The van der Waals surface area contributed by atoms with Gasteiger partial charge >= 0.3 is 5.97 Å². The number of nitrogens with zero attached hydrogens (tertiary/aromatic N) is 2. The molecule has 1 atom stereocenters. The van der Waals surface area contributed by atoms with Gasteiger partial charge in [-0.05, 0) is 38.1 Å². The third-order valence-electron chi connectivity index (χ3n) is 4.29. The molecular weight excluding hydrogens is 320 g/mol. The molecule has 0 N–H and O–H groups in total. The zero-order valence-corrected chi connectivity index (χ0v) is 14.5. The molecule has 1 aliphatic heterocycles. The highest BCUT2D eigenvalue weighted by molar-refractivity contribution is 5.90. The maximum absolute atomic E-state index is 12.5. The fraction of sp³-hybridized carbons (Fsp3) is 0.368. The van der Waals surface area contributed by atoms with Crippen molar-refractivity contribution in [1.82, 2.24) is 4.90 Å². The highest BCUT2D eigenvalue weighted by atomic mass is 16.6. The Bertz CT molecular complexity index is 733. The third-order valence-corrected chi connectivity index (χ3v) is 4.29. The highest BCUT2D eigenvalue weighted by Gasteiger charge is 2.28. The first-order chi connectivity index (χ1) is 12.0. The van der Waals surface area contributed by atoms with Crippen LogP contribution in [0.5, 0.6) is 0 Å². The van der Waals surface area contributed by atoms with Crippen molar-refractivity contribution < 1.29 is 18.7 Å². The second-order valence-corrected chi connectivity index (χ2v) is 6.11. The number of aryl methyl sites for hydroxylation is 1. The molecule has 132 valence electrons. The minimum Gasteiger partial charge on any atom is -0.454 e. The van der Waals surface area contributed by atoms with E-state index in [1.807, 2.05) is 18.2 Å².